The smallest absolute Gasteiger partial charge is 0.386 e. The molecule has 33 heavy (non-hydrogen) atoms. The van der Waals surface area contributed by atoms with Crippen LogP contribution in [0.5, 0.6) is 0 Å². The van der Waals surface area contributed by atoms with Crippen molar-refractivity contribution in [3.63, 3.8) is 0 Å². The quantitative estimate of drug-likeness (QED) is 0.299. The fourth-order valence-electron chi connectivity index (χ4n) is 2.91. The molecule has 6 unspecified atom stereocenters. The predicted molar refractivity (Wildman–Crippen MR) is 110 cm³/mol. The van der Waals surface area contributed by atoms with Crippen LogP contribution in [-0.2, 0) is 36.3 Å². The molecule has 2 aromatic rings. The summed E-state index contributed by atoms with van der Waals surface area (Å²) in [6, 6.07) is 0. The molecule has 0 aliphatic carbocycles. The second-order valence-corrected chi connectivity index (χ2v) is 10.7. The van der Waals surface area contributed by atoms with E-state index in [1.165, 1.54) is 17.2 Å². The van der Waals surface area contributed by atoms with E-state index in [4.69, 9.17) is 19.5 Å². The molecule has 0 radical (unpaired) electrons. The van der Waals surface area contributed by atoms with Gasteiger partial charge in [-0.1, -0.05) is 13.8 Å². The molecule has 0 amide bonds. The molecule has 19 heteroatoms. The van der Waals surface area contributed by atoms with Gasteiger partial charge in [0.15, 0.2) is 17.7 Å². The van der Waals surface area contributed by atoms with Crippen LogP contribution in [0.15, 0.2) is 12.7 Å². The Balaban J connectivity index is 1.73. The van der Waals surface area contributed by atoms with Crippen molar-refractivity contribution in [2.75, 3.05) is 18.9 Å². The van der Waals surface area contributed by atoms with E-state index < -0.39 is 55.5 Å². The number of nitrogens with two attached hydrogens (primary N) is 1. The minimum Gasteiger partial charge on any atom is -0.386 e. The normalized spacial score (nSPS) is 27.2. The van der Waals surface area contributed by atoms with E-state index in [-0.39, 0.29) is 29.5 Å². The standard InChI is InChI=1S/C14H22N5O11P3/c1-7(2)3-26-32(22,23)30-33(24,25)27-4-8-11(29-31-21)10(20)14(28-8)19-6-18-9-12(15)16-5-17-13(9)19/h5-8,10-11,14,20H,3-4H2,1-2H3,(H,22,23)(H,24,25)(H2,15,16,17). The number of aliphatic hydroxyl groups excluding tert-OH is 1. The van der Waals surface area contributed by atoms with Crippen molar-refractivity contribution in [3.8, 4) is 0 Å². The van der Waals surface area contributed by atoms with Crippen LogP contribution in [0.2, 0.25) is 0 Å². The molecule has 5 N–H and O–H groups in total. The van der Waals surface area contributed by atoms with E-state index >= 15 is 0 Å². The lowest BCUT2D eigenvalue weighted by molar-refractivity contribution is -0.0495. The summed E-state index contributed by atoms with van der Waals surface area (Å²) in [5, 5.41) is 10.6. The molecule has 1 aliphatic heterocycles. The van der Waals surface area contributed by atoms with Gasteiger partial charge in [0.25, 0.3) is 0 Å². The minimum absolute atomic E-state index is 0.0866. The first-order valence-corrected chi connectivity index (χ1v) is 13.1. The van der Waals surface area contributed by atoms with E-state index in [9.17, 15) is 28.6 Å². The van der Waals surface area contributed by atoms with Crippen LogP contribution in [0.25, 0.3) is 11.2 Å². The van der Waals surface area contributed by atoms with Crippen molar-refractivity contribution < 1.29 is 51.2 Å². The number of ether oxygens (including phenoxy) is 1. The summed E-state index contributed by atoms with van der Waals surface area (Å²) in [5.74, 6) is -0.0640. The van der Waals surface area contributed by atoms with Crippen LogP contribution in [0.4, 0.5) is 5.82 Å². The van der Waals surface area contributed by atoms with Gasteiger partial charge < -0.3 is 25.4 Å². The Hall–Kier alpha value is -1.41. The summed E-state index contributed by atoms with van der Waals surface area (Å²) in [6.07, 6.45) is -2.76. The number of aromatic nitrogens is 4. The summed E-state index contributed by atoms with van der Waals surface area (Å²) >= 11 is 0. The van der Waals surface area contributed by atoms with Crippen molar-refractivity contribution in [1.29, 1.82) is 0 Å². The van der Waals surface area contributed by atoms with E-state index in [1.807, 2.05) is 0 Å². The molecule has 1 fully saturated rings. The van der Waals surface area contributed by atoms with Gasteiger partial charge in [0.2, 0.25) is 0 Å². The molecular weight excluding hydrogens is 507 g/mol. The van der Waals surface area contributed by atoms with Gasteiger partial charge in [0.1, 0.15) is 30.2 Å². The van der Waals surface area contributed by atoms with Crippen molar-refractivity contribution in [2.45, 2.75) is 38.4 Å². The third kappa shape index (κ3) is 6.38. The molecule has 0 saturated carbocycles. The molecule has 0 aromatic carbocycles. The third-order valence-corrected chi connectivity index (χ3v) is 7.25. The van der Waals surface area contributed by atoms with Crippen molar-refractivity contribution in [3.05, 3.63) is 12.7 Å². The summed E-state index contributed by atoms with van der Waals surface area (Å²) in [5.41, 5.74) is 6.20. The highest BCUT2D eigenvalue weighted by molar-refractivity contribution is 7.61. The average Bonchev–Trinajstić information content (AvgIpc) is 3.27. The maximum atomic E-state index is 12.1. The first-order chi connectivity index (χ1) is 15.4. The van der Waals surface area contributed by atoms with Crippen molar-refractivity contribution in [1.82, 2.24) is 19.5 Å². The number of nitrogen functional groups attached to an aromatic ring is 1. The molecule has 0 spiro atoms. The molecule has 3 heterocycles. The van der Waals surface area contributed by atoms with Gasteiger partial charge >= 0.3 is 24.3 Å². The number of fused-ring (bicyclic) bond motifs is 1. The van der Waals surface area contributed by atoms with Gasteiger partial charge in [0, 0.05) is 0 Å². The monoisotopic (exact) mass is 529 g/mol. The lowest BCUT2D eigenvalue weighted by Crippen LogP contribution is -2.34. The highest BCUT2D eigenvalue weighted by Crippen LogP contribution is 2.60. The Morgan fingerprint density at radius 1 is 1.24 bits per heavy atom. The van der Waals surface area contributed by atoms with Gasteiger partial charge in [-0.2, -0.15) is 4.31 Å². The maximum absolute atomic E-state index is 12.1. The Bertz CT molecular complexity index is 1080. The van der Waals surface area contributed by atoms with E-state index in [0.717, 1.165) is 0 Å². The number of aliphatic hydroxyl groups is 1. The van der Waals surface area contributed by atoms with Gasteiger partial charge in [-0.15, -0.1) is 0 Å². The number of anilines is 1. The number of hydrogen-bond donors (Lipinski definition) is 4. The lowest BCUT2D eigenvalue weighted by atomic mass is 10.1. The molecule has 2 aromatic heterocycles. The Morgan fingerprint density at radius 2 is 1.94 bits per heavy atom. The van der Waals surface area contributed by atoms with E-state index in [1.54, 1.807) is 13.8 Å². The first kappa shape index (κ1) is 26.2. The summed E-state index contributed by atoms with van der Waals surface area (Å²) in [7, 11) is -10.8. The van der Waals surface area contributed by atoms with Gasteiger partial charge in [0.05, 0.1) is 19.5 Å². The summed E-state index contributed by atoms with van der Waals surface area (Å²) < 4.78 is 60.5. The van der Waals surface area contributed by atoms with E-state index in [0.29, 0.717) is 0 Å². The molecule has 184 valence electrons. The number of nitrogens with zero attached hydrogens (tertiary/aromatic N) is 4. The van der Waals surface area contributed by atoms with Crippen molar-refractivity contribution >= 4 is 41.3 Å². The lowest BCUT2D eigenvalue weighted by Gasteiger charge is -2.20. The second-order valence-electron chi connectivity index (χ2n) is 7.29. The minimum atomic E-state index is -5.11. The van der Waals surface area contributed by atoms with Crippen LogP contribution in [0, 0.1) is 5.92 Å². The number of phosphoric ester groups is 2. The molecule has 16 nitrogen and oxygen atoms in total. The molecule has 1 aliphatic rings. The SMILES string of the molecule is CC(C)COP(=O)(O)OP(=O)(O)OCC1OC(n2cnc3c(N)ncnc32)C(O)C1OP=O. The zero-order valence-electron chi connectivity index (χ0n) is 17.3. The van der Waals surface area contributed by atoms with Crippen molar-refractivity contribution in [2.24, 2.45) is 5.92 Å². The summed E-state index contributed by atoms with van der Waals surface area (Å²) in [6.45, 7) is 2.41. The maximum Gasteiger partial charge on any atom is 0.481 e. The fourth-order valence-corrected chi connectivity index (χ4v) is 5.51. The van der Waals surface area contributed by atoms with Crippen LogP contribution in [-0.4, -0.2) is 65.9 Å². The number of imidazole rings is 1. The highest BCUT2D eigenvalue weighted by Gasteiger charge is 2.48. The molecule has 1 saturated heterocycles. The average molecular weight is 529 g/mol. The van der Waals surface area contributed by atoms with Gasteiger partial charge in [-0.05, 0) is 5.92 Å². The number of phosphoric acid groups is 2. The second kappa shape index (κ2) is 10.5. The van der Waals surface area contributed by atoms with Gasteiger partial charge in [-0.3, -0.25) is 18.1 Å². The molecule has 6 atom stereocenters. The number of hydrogen-bond acceptors (Lipinski definition) is 13. The zero-order valence-corrected chi connectivity index (χ0v) is 20.0. The Labute approximate surface area is 188 Å². The first-order valence-electron chi connectivity index (χ1n) is 9.35. The largest absolute Gasteiger partial charge is 0.481 e. The van der Waals surface area contributed by atoms with Crippen LogP contribution < -0.4 is 5.73 Å². The van der Waals surface area contributed by atoms with Gasteiger partial charge in [-0.25, -0.2) is 28.6 Å². The highest BCUT2D eigenvalue weighted by atomic mass is 31.3. The fraction of sp³-hybridized carbons (Fsp3) is 0.643. The summed E-state index contributed by atoms with van der Waals surface area (Å²) in [4.78, 5) is 31.3. The van der Waals surface area contributed by atoms with Crippen LogP contribution in [0.3, 0.4) is 0 Å². The molecular formula is C14H22N5O11P3. The predicted octanol–water partition coefficient (Wildman–Crippen LogP) is 1.17. The molecule has 0 bridgehead atoms. The van der Waals surface area contributed by atoms with E-state index in [2.05, 4.69) is 23.8 Å². The number of rotatable bonds is 11. The van der Waals surface area contributed by atoms with Crippen LogP contribution >= 0.6 is 24.3 Å². The zero-order chi connectivity index (χ0) is 24.4. The Morgan fingerprint density at radius 3 is 2.61 bits per heavy atom. The van der Waals surface area contributed by atoms with Crippen LogP contribution in [0.1, 0.15) is 20.1 Å². The third-order valence-electron chi connectivity index (χ3n) is 4.31. The Kier molecular flexibility index (Phi) is 8.31. The topological polar surface area (TPSA) is 228 Å². The molecule has 3 rings (SSSR count).